The van der Waals surface area contributed by atoms with Gasteiger partial charge in [-0.1, -0.05) is 0 Å². The second-order valence-electron chi connectivity index (χ2n) is 2.99. The monoisotopic (exact) mass is 187 g/mol. The number of carbonyl (C=O) groups is 2. The maximum Gasteiger partial charge on any atom is 0.330 e. The normalized spacial score (nSPS) is 26.8. The molecule has 0 aromatic rings. The summed E-state index contributed by atoms with van der Waals surface area (Å²) < 4.78 is 5.25. The number of hydrogen-bond donors (Lipinski definition) is 3. The van der Waals surface area contributed by atoms with Gasteiger partial charge in [0.15, 0.2) is 0 Å². The number of nitrogens with two attached hydrogens (primary N) is 1. The molecule has 0 bridgehead atoms. The predicted molar refractivity (Wildman–Crippen MR) is 44.4 cm³/mol. The van der Waals surface area contributed by atoms with Gasteiger partial charge in [-0.3, -0.25) is 10.2 Å². The highest BCUT2D eigenvalue weighted by atomic mass is 16.5. The third-order valence-corrected chi connectivity index (χ3v) is 1.83. The smallest absolute Gasteiger partial charge is 0.330 e. The molecule has 2 atom stereocenters. The van der Waals surface area contributed by atoms with Gasteiger partial charge in [0.1, 0.15) is 6.10 Å². The first-order chi connectivity index (χ1) is 6.09. The van der Waals surface area contributed by atoms with Gasteiger partial charge in [0.25, 0.3) is 5.91 Å². The molecule has 1 heterocycles. The topological polar surface area (TPSA) is 93.5 Å². The van der Waals surface area contributed by atoms with Crippen LogP contribution in [0.15, 0.2) is 0 Å². The van der Waals surface area contributed by atoms with Gasteiger partial charge >= 0.3 is 6.03 Å². The summed E-state index contributed by atoms with van der Waals surface area (Å²) in [6, 6.07) is -0.792. The fourth-order valence-electron chi connectivity index (χ4n) is 1.20. The van der Waals surface area contributed by atoms with Gasteiger partial charge in [0.2, 0.25) is 0 Å². The minimum atomic E-state index is -0.792. The largest absolute Gasteiger partial charge is 0.365 e. The number of hydrogen-bond acceptors (Lipinski definition) is 3. The number of ether oxygens (including phenoxy) is 1. The van der Waals surface area contributed by atoms with Crippen LogP contribution >= 0.6 is 0 Å². The van der Waals surface area contributed by atoms with Gasteiger partial charge < -0.3 is 10.5 Å². The van der Waals surface area contributed by atoms with Crippen molar-refractivity contribution in [2.45, 2.75) is 32.0 Å². The lowest BCUT2D eigenvalue weighted by Crippen LogP contribution is -2.48. The van der Waals surface area contributed by atoms with Crippen LogP contribution in [0.3, 0.4) is 0 Å². The van der Waals surface area contributed by atoms with E-state index in [1.54, 1.807) is 0 Å². The summed E-state index contributed by atoms with van der Waals surface area (Å²) >= 11 is 0. The summed E-state index contributed by atoms with van der Waals surface area (Å²) in [5.74, 6) is -0.358. The van der Waals surface area contributed by atoms with Crippen LogP contribution in [0.5, 0.6) is 0 Å². The molecule has 1 fully saturated rings. The number of amides is 3. The molecule has 0 aromatic heterocycles. The highest BCUT2D eigenvalue weighted by Crippen LogP contribution is 2.18. The van der Waals surface area contributed by atoms with Crippen molar-refractivity contribution in [3.63, 3.8) is 0 Å². The van der Waals surface area contributed by atoms with E-state index in [1.807, 2.05) is 12.3 Å². The van der Waals surface area contributed by atoms with Gasteiger partial charge in [-0.05, 0) is 19.8 Å². The van der Waals surface area contributed by atoms with Crippen molar-refractivity contribution in [3.8, 4) is 0 Å². The Morgan fingerprint density at radius 2 is 2.08 bits per heavy atom. The maximum atomic E-state index is 11.2. The van der Waals surface area contributed by atoms with Gasteiger partial charge in [0.05, 0.1) is 6.10 Å². The summed E-state index contributed by atoms with van der Waals surface area (Å²) in [6.07, 6.45) is 1.16. The first kappa shape index (κ1) is 9.79. The average Bonchev–Trinajstić information content (AvgIpc) is 2.47. The second-order valence-corrected chi connectivity index (χ2v) is 2.99. The molecule has 0 radical (unpaired) electrons. The third kappa shape index (κ3) is 2.90. The van der Waals surface area contributed by atoms with Crippen molar-refractivity contribution < 1.29 is 14.3 Å². The van der Waals surface area contributed by atoms with Crippen LogP contribution in [0, 0.1) is 0 Å². The minimum Gasteiger partial charge on any atom is -0.365 e. The van der Waals surface area contributed by atoms with E-state index in [4.69, 9.17) is 10.5 Å². The molecule has 6 heteroatoms. The van der Waals surface area contributed by atoms with E-state index >= 15 is 0 Å². The molecule has 0 saturated carbocycles. The first-order valence-corrected chi connectivity index (χ1v) is 4.10. The molecule has 3 amide bonds. The van der Waals surface area contributed by atoms with Crippen LogP contribution in [0.2, 0.25) is 0 Å². The Morgan fingerprint density at radius 1 is 1.38 bits per heavy atom. The Balaban J connectivity index is 2.27. The standard InChI is InChI=1S/C7H13N3O3/c1-4-2-3-5(13-4)6(11)9-10-7(8)12/h4-5H,2-3H2,1H3,(H,9,11)(H3,8,10,12). The van der Waals surface area contributed by atoms with E-state index in [0.717, 1.165) is 6.42 Å². The zero-order valence-corrected chi connectivity index (χ0v) is 7.37. The second kappa shape index (κ2) is 4.08. The van der Waals surface area contributed by atoms with Crippen molar-refractivity contribution in [1.29, 1.82) is 0 Å². The fourth-order valence-corrected chi connectivity index (χ4v) is 1.20. The molecule has 6 nitrogen and oxygen atoms in total. The summed E-state index contributed by atoms with van der Waals surface area (Å²) in [5, 5.41) is 0. The lowest BCUT2D eigenvalue weighted by atomic mass is 10.2. The molecule has 0 spiro atoms. The highest BCUT2D eigenvalue weighted by molar-refractivity contribution is 5.83. The number of primary amides is 1. The molecule has 0 aliphatic carbocycles. The number of nitrogens with one attached hydrogen (secondary N) is 2. The lowest BCUT2D eigenvalue weighted by molar-refractivity contribution is -0.132. The Morgan fingerprint density at radius 3 is 2.54 bits per heavy atom. The van der Waals surface area contributed by atoms with E-state index in [-0.39, 0.29) is 12.0 Å². The van der Waals surface area contributed by atoms with Crippen molar-refractivity contribution in [1.82, 2.24) is 10.9 Å². The van der Waals surface area contributed by atoms with Gasteiger partial charge in [-0.25, -0.2) is 10.2 Å². The van der Waals surface area contributed by atoms with Crippen molar-refractivity contribution in [2.24, 2.45) is 5.73 Å². The molecule has 1 rings (SSSR count). The van der Waals surface area contributed by atoms with Crippen molar-refractivity contribution in [2.75, 3.05) is 0 Å². The van der Waals surface area contributed by atoms with Crippen LogP contribution in [0.1, 0.15) is 19.8 Å². The Kier molecular flexibility index (Phi) is 3.07. The van der Waals surface area contributed by atoms with E-state index in [2.05, 4.69) is 5.43 Å². The molecule has 74 valence electrons. The van der Waals surface area contributed by atoms with Crippen molar-refractivity contribution >= 4 is 11.9 Å². The van der Waals surface area contributed by atoms with E-state index in [9.17, 15) is 9.59 Å². The fraction of sp³-hybridized carbons (Fsp3) is 0.714. The molecule has 1 saturated heterocycles. The molecule has 1 aliphatic heterocycles. The van der Waals surface area contributed by atoms with E-state index in [0.29, 0.717) is 6.42 Å². The Hall–Kier alpha value is -1.30. The van der Waals surface area contributed by atoms with E-state index < -0.39 is 12.1 Å². The molecule has 2 unspecified atom stereocenters. The first-order valence-electron chi connectivity index (χ1n) is 4.10. The molecule has 4 N–H and O–H groups in total. The number of urea groups is 1. The van der Waals surface area contributed by atoms with E-state index in [1.165, 1.54) is 0 Å². The maximum absolute atomic E-state index is 11.2. The van der Waals surface area contributed by atoms with Crippen LogP contribution in [0.4, 0.5) is 4.79 Å². The van der Waals surface area contributed by atoms with Crippen LogP contribution < -0.4 is 16.6 Å². The summed E-state index contributed by atoms with van der Waals surface area (Å²) in [7, 11) is 0. The van der Waals surface area contributed by atoms with Crippen molar-refractivity contribution in [3.05, 3.63) is 0 Å². The molecule has 13 heavy (non-hydrogen) atoms. The van der Waals surface area contributed by atoms with Crippen LogP contribution in [0.25, 0.3) is 0 Å². The third-order valence-electron chi connectivity index (χ3n) is 1.83. The SMILES string of the molecule is CC1CCC(C(=O)NNC(N)=O)O1. The predicted octanol–water partition coefficient (Wildman–Crippen LogP) is -0.747. The Bertz CT molecular complexity index is 219. The van der Waals surface area contributed by atoms with Gasteiger partial charge in [-0.15, -0.1) is 0 Å². The lowest BCUT2D eigenvalue weighted by Gasteiger charge is -2.10. The quantitative estimate of drug-likeness (QED) is 0.471. The molecule has 1 aliphatic rings. The average molecular weight is 187 g/mol. The van der Waals surface area contributed by atoms with Gasteiger partial charge in [-0.2, -0.15) is 0 Å². The summed E-state index contributed by atoms with van der Waals surface area (Å²) in [6.45, 7) is 1.90. The summed E-state index contributed by atoms with van der Waals surface area (Å²) in [5.41, 5.74) is 8.91. The van der Waals surface area contributed by atoms with Crippen LogP contribution in [-0.4, -0.2) is 24.1 Å². The summed E-state index contributed by atoms with van der Waals surface area (Å²) in [4.78, 5) is 21.4. The number of carbonyl (C=O) groups excluding carboxylic acids is 2. The molecule has 0 aromatic carbocycles. The number of hydrazine groups is 1. The zero-order valence-electron chi connectivity index (χ0n) is 7.37. The zero-order chi connectivity index (χ0) is 9.84. The van der Waals surface area contributed by atoms with Crippen LogP contribution in [-0.2, 0) is 9.53 Å². The van der Waals surface area contributed by atoms with Gasteiger partial charge in [0, 0.05) is 0 Å². The minimum absolute atomic E-state index is 0.101. The molecular formula is C7H13N3O3. The Labute approximate surface area is 75.8 Å². The molecular weight excluding hydrogens is 174 g/mol. The highest BCUT2D eigenvalue weighted by Gasteiger charge is 2.27. The number of rotatable bonds is 1.